The molecule has 0 unspecified atom stereocenters. The molecule has 0 saturated carbocycles. The van der Waals surface area contributed by atoms with Crippen LogP contribution in [-0.2, 0) is 35.6 Å². The van der Waals surface area contributed by atoms with E-state index in [-0.39, 0.29) is 5.75 Å². The molecule has 1 saturated heterocycles. The van der Waals surface area contributed by atoms with Crippen molar-refractivity contribution in [2.75, 3.05) is 18.8 Å². The molecule has 1 fully saturated rings. The van der Waals surface area contributed by atoms with Gasteiger partial charge in [0, 0.05) is 24.3 Å². The van der Waals surface area contributed by atoms with Crippen molar-refractivity contribution in [2.24, 2.45) is 0 Å². The monoisotopic (exact) mass is 461 g/mol. The largest absolute Gasteiger partial charge is 0.435 e. The zero-order valence-corrected chi connectivity index (χ0v) is 19.2. The Balaban J connectivity index is 0.000000145. The molecule has 0 bridgehead atoms. The smallest absolute Gasteiger partial charge is 0.387 e. The molecular weight excluding hydrogens is 428 g/mol. The van der Waals surface area contributed by atoms with Gasteiger partial charge in [0.2, 0.25) is 6.41 Å². The molecule has 1 amide bonds. The van der Waals surface area contributed by atoms with Crippen molar-refractivity contribution >= 4 is 12.2 Å². The van der Waals surface area contributed by atoms with E-state index < -0.39 is 6.61 Å². The molecule has 6 nitrogen and oxygen atoms in total. The van der Waals surface area contributed by atoms with Gasteiger partial charge in [0.05, 0.1) is 13.2 Å². The topological polar surface area (TPSA) is 77.7 Å². The van der Waals surface area contributed by atoms with Gasteiger partial charge in [-0.2, -0.15) is 8.78 Å². The van der Waals surface area contributed by atoms with Crippen molar-refractivity contribution in [1.29, 1.82) is 0 Å². The first-order valence-corrected chi connectivity index (χ1v) is 11.6. The molecule has 33 heavy (non-hydrogen) atoms. The predicted molar refractivity (Wildman–Crippen MR) is 123 cm³/mol. The van der Waals surface area contributed by atoms with Gasteiger partial charge in [-0.3, -0.25) is 4.79 Å². The van der Waals surface area contributed by atoms with Crippen LogP contribution in [0, 0.1) is 6.92 Å². The number of hydrogen-bond donors (Lipinski definition) is 1. The Labute approximate surface area is 194 Å². The Hall–Kier alpha value is -2.74. The zero-order valence-electron chi connectivity index (χ0n) is 19.2. The summed E-state index contributed by atoms with van der Waals surface area (Å²) in [4.78, 5) is 16.4. The second-order valence-corrected chi connectivity index (χ2v) is 8.48. The number of alkyl halides is 2. The van der Waals surface area contributed by atoms with Crippen molar-refractivity contribution in [1.82, 2.24) is 9.88 Å². The third-order valence-corrected chi connectivity index (χ3v) is 5.98. The number of halogens is 2. The maximum Gasteiger partial charge on any atom is 0.387 e. The van der Waals surface area contributed by atoms with E-state index in [0.29, 0.717) is 12.4 Å². The third kappa shape index (κ3) is 7.39. The normalized spacial score (nSPS) is 16.5. The number of nitrogens with zero attached hydrogens (tertiary/aromatic N) is 2. The number of piperidine rings is 1. The van der Waals surface area contributed by atoms with Crippen molar-refractivity contribution in [3.8, 4) is 5.75 Å². The molecule has 180 valence electrons. The van der Waals surface area contributed by atoms with Gasteiger partial charge in [0.15, 0.2) is 0 Å². The molecule has 2 N–H and O–H groups in total. The molecule has 8 heteroatoms. The summed E-state index contributed by atoms with van der Waals surface area (Å²) in [6.07, 6.45) is 9.41. The Bertz CT molecular complexity index is 918. The zero-order chi connectivity index (χ0) is 23.6. The highest BCUT2D eigenvalue weighted by atomic mass is 19.3. The van der Waals surface area contributed by atoms with Gasteiger partial charge < -0.3 is 20.1 Å². The number of amides is 1. The van der Waals surface area contributed by atoms with E-state index in [0.717, 1.165) is 50.1 Å². The molecular formula is C25H33F2N3O3. The van der Waals surface area contributed by atoms with E-state index in [1.807, 2.05) is 17.9 Å². The number of likely N-dealkylation sites (tertiary alicyclic amines) is 1. The van der Waals surface area contributed by atoms with Crippen LogP contribution in [0.4, 0.5) is 14.6 Å². The fourth-order valence-corrected chi connectivity index (χ4v) is 4.29. The van der Waals surface area contributed by atoms with Crippen molar-refractivity contribution < 1.29 is 23.0 Å². The number of nitrogen functional groups attached to an aromatic ring is 1. The molecule has 3 heterocycles. The number of aromatic nitrogens is 1. The Morgan fingerprint density at radius 3 is 2.45 bits per heavy atom. The fraction of sp³-hybridized carbons (Fsp3) is 0.520. The lowest BCUT2D eigenvalue weighted by atomic mass is 9.91. The van der Waals surface area contributed by atoms with Gasteiger partial charge in [0.25, 0.3) is 0 Å². The van der Waals surface area contributed by atoms with Crippen molar-refractivity contribution in [3.63, 3.8) is 0 Å². The number of anilines is 1. The number of benzene rings is 1. The number of aryl methyl sites for hydroxylation is 2. The molecule has 0 spiro atoms. The summed E-state index contributed by atoms with van der Waals surface area (Å²) in [5.41, 5.74) is 11.9. The highest BCUT2D eigenvalue weighted by molar-refractivity contribution is 5.52. The summed E-state index contributed by atoms with van der Waals surface area (Å²) >= 11 is 0. The first kappa shape index (κ1) is 24.9. The molecule has 0 atom stereocenters. The molecule has 1 aromatic heterocycles. The number of carbonyl (C=O) groups excluding carboxylic acids is 1. The Kier molecular flexibility index (Phi) is 9.42. The van der Waals surface area contributed by atoms with Crippen LogP contribution < -0.4 is 10.5 Å². The van der Waals surface area contributed by atoms with E-state index >= 15 is 0 Å². The molecule has 0 radical (unpaired) electrons. The first-order chi connectivity index (χ1) is 16.0. The van der Waals surface area contributed by atoms with Gasteiger partial charge in [0.1, 0.15) is 11.6 Å². The number of nitrogens with two attached hydrogens (primary N) is 1. The van der Waals surface area contributed by atoms with E-state index in [2.05, 4.69) is 9.72 Å². The molecule has 1 aromatic carbocycles. The van der Waals surface area contributed by atoms with Crippen LogP contribution in [-0.4, -0.2) is 36.0 Å². The molecule has 2 aromatic rings. The van der Waals surface area contributed by atoms with Crippen LogP contribution in [0.15, 0.2) is 24.3 Å². The third-order valence-electron chi connectivity index (χ3n) is 5.98. The minimum Gasteiger partial charge on any atom is -0.435 e. The highest BCUT2D eigenvalue weighted by Gasteiger charge is 2.23. The van der Waals surface area contributed by atoms with Gasteiger partial charge in [-0.1, -0.05) is 12.1 Å². The van der Waals surface area contributed by atoms with E-state index in [9.17, 15) is 13.6 Å². The summed E-state index contributed by atoms with van der Waals surface area (Å²) in [5.74, 6) is 0.901. The quantitative estimate of drug-likeness (QED) is 0.665. The van der Waals surface area contributed by atoms with E-state index in [4.69, 9.17) is 10.5 Å². The van der Waals surface area contributed by atoms with Crippen molar-refractivity contribution in [2.45, 2.75) is 71.7 Å². The number of ether oxygens (including phenoxy) is 2. The van der Waals surface area contributed by atoms with Gasteiger partial charge in [-0.05, 0) is 80.7 Å². The van der Waals surface area contributed by atoms with Crippen LogP contribution in [0.3, 0.4) is 0 Å². The van der Waals surface area contributed by atoms with Crippen molar-refractivity contribution in [3.05, 3.63) is 52.2 Å². The lowest BCUT2D eigenvalue weighted by molar-refractivity contribution is -0.118. The fourth-order valence-electron chi connectivity index (χ4n) is 4.29. The van der Waals surface area contributed by atoms with E-state index in [1.54, 1.807) is 12.1 Å². The summed E-state index contributed by atoms with van der Waals surface area (Å²) < 4.78 is 32.9. The SMILES string of the molecule is Cc1cccc(OC(F)F)c1.Nc1nc2c(c3c1COC3)CCCC2.O=CN1CCCCC1. The summed E-state index contributed by atoms with van der Waals surface area (Å²) in [6, 6.07) is 6.55. The van der Waals surface area contributed by atoms with Gasteiger partial charge >= 0.3 is 6.61 Å². The lowest BCUT2D eigenvalue weighted by Gasteiger charge is -2.21. The van der Waals surface area contributed by atoms with Crippen LogP contribution >= 0.6 is 0 Å². The molecule has 5 rings (SSSR count). The van der Waals surface area contributed by atoms with Crippen LogP contribution in [0.2, 0.25) is 0 Å². The number of pyridine rings is 1. The van der Waals surface area contributed by atoms with Gasteiger partial charge in [-0.25, -0.2) is 4.98 Å². The molecule has 3 aliphatic rings. The van der Waals surface area contributed by atoms with Gasteiger partial charge in [-0.15, -0.1) is 0 Å². The maximum atomic E-state index is 11.6. The number of hydrogen-bond acceptors (Lipinski definition) is 5. The highest BCUT2D eigenvalue weighted by Crippen LogP contribution is 2.32. The second-order valence-electron chi connectivity index (χ2n) is 8.48. The van der Waals surface area contributed by atoms with E-state index in [1.165, 1.54) is 55.0 Å². The van der Waals surface area contributed by atoms with Crippen LogP contribution in [0.1, 0.15) is 60.1 Å². The average Bonchev–Trinajstić information content (AvgIpc) is 3.31. The second kappa shape index (κ2) is 12.5. The summed E-state index contributed by atoms with van der Waals surface area (Å²) in [5, 5.41) is 0. The minimum atomic E-state index is -2.74. The standard InChI is InChI=1S/C11H14N2O.C8H8F2O.C6H11NO/c12-11-9-6-14-5-8(9)7-3-1-2-4-10(7)13-11;1-6-3-2-4-7(5-6)11-8(9)10;8-6-7-4-2-1-3-5-7/h1-6H2,(H2,12,13);2-5,8H,1H3;6H,1-5H2. The number of carbonyl (C=O) groups is 1. The van der Waals surface area contributed by atoms with Crippen LogP contribution in [0.5, 0.6) is 5.75 Å². The number of fused-ring (bicyclic) bond motifs is 3. The predicted octanol–water partition coefficient (Wildman–Crippen LogP) is 4.80. The number of rotatable bonds is 3. The first-order valence-electron chi connectivity index (χ1n) is 11.6. The van der Waals surface area contributed by atoms with Crippen LogP contribution in [0.25, 0.3) is 0 Å². The average molecular weight is 462 g/mol. The lowest BCUT2D eigenvalue weighted by Crippen LogP contribution is -2.27. The maximum absolute atomic E-state index is 11.6. The minimum absolute atomic E-state index is 0.208. The summed E-state index contributed by atoms with van der Waals surface area (Å²) in [7, 11) is 0. The molecule has 1 aliphatic carbocycles. The Morgan fingerprint density at radius 1 is 1.06 bits per heavy atom. The summed E-state index contributed by atoms with van der Waals surface area (Å²) in [6.45, 7) is 2.42. The molecule has 2 aliphatic heterocycles. The Morgan fingerprint density at radius 2 is 1.79 bits per heavy atom.